The number of carbonyl (C=O) groups excluding carboxylic acids is 2. The van der Waals surface area contributed by atoms with E-state index in [1.54, 1.807) is 25.1 Å². The zero-order valence-electron chi connectivity index (χ0n) is 11.2. The van der Waals surface area contributed by atoms with Gasteiger partial charge >= 0.3 is 5.97 Å². The minimum atomic E-state index is -0.783. The highest BCUT2D eigenvalue weighted by Crippen LogP contribution is 2.19. The van der Waals surface area contributed by atoms with Crippen molar-refractivity contribution in [3.8, 4) is 5.75 Å². The van der Waals surface area contributed by atoms with Gasteiger partial charge in [-0.1, -0.05) is 22.9 Å². The lowest BCUT2D eigenvalue weighted by atomic mass is 10.1. The van der Waals surface area contributed by atoms with Gasteiger partial charge in [-0.15, -0.1) is 0 Å². The molecule has 0 saturated carbocycles. The lowest BCUT2D eigenvalue weighted by molar-refractivity contribution is 0.0730. The van der Waals surface area contributed by atoms with Crippen LogP contribution in [-0.4, -0.2) is 11.8 Å². The molecule has 0 unspecified atom stereocenters. The Balaban J connectivity index is 2.14. The van der Waals surface area contributed by atoms with Crippen molar-refractivity contribution < 1.29 is 18.7 Å². The zero-order chi connectivity index (χ0) is 15.4. The second-order valence-electron chi connectivity index (χ2n) is 4.31. The number of rotatable bonds is 4. The average molecular weight is 351 g/mol. The molecule has 0 aliphatic rings. The lowest BCUT2D eigenvalue weighted by Crippen LogP contribution is -2.10. The van der Waals surface area contributed by atoms with Crippen molar-refractivity contribution in [2.45, 2.75) is 13.3 Å². The number of hydrogen-bond acceptors (Lipinski definition) is 3. The molecule has 5 heteroatoms. The molecule has 108 valence electrons. The summed E-state index contributed by atoms with van der Waals surface area (Å²) in [6, 6.07) is 10.3. The van der Waals surface area contributed by atoms with Crippen molar-refractivity contribution in [1.82, 2.24) is 0 Å². The molecule has 0 fully saturated rings. The smallest absolute Gasteiger partial charge is 0.346 e. The van der Waals surface area contributed by atoms with Gasteiger partial charge in [0.2, 0.25) is 0 Å². The van der Waals surface area contributed by atoms with Gasteiger partial charge in [0.25, 0.3) is 0 Å². The van der Waals surface area contributed by atoms with Crippen LogP contribution in [0.15, 0.2) is 46.9 Å². The van der Waals surface area contributed by atoms with Crippen molar-refractivity contribution in [3.05, 3.63) is 63.9 Å². The molecule has 0 bridgehead atoms. The standard InChI is InChI=1S/C16H12BrFO3/c1-2-15(19)10-3-6-12(7-4-10)21-16(20)13-8-5-11(17)9-14(13)18/h3-9H,2H2,1H3. The molecule has 0 spiro atoms. The molecule has 2 rings (SSSR count). The third kappa shape index (κ3) is 3.76. The van der Waals surface area contributed by atoms with Gasteiger partial charge < -0.3 is 4.74 Å². The Kier molecular flexibility index (Phi) is 4.85. The van der Waals surface area contributed by atoms with Gasteiger partial charge in [-0.25, -0.2) is 9.18 Å². The van der Waals surface area contributed by atoms with Crippen LogP contribution in [0, 0.1) is 5.82 Å². The van der Waals surface area contributed by atoms with Gasteiger partial charge in [0.05, 0.1) is 5.56 Å². The van der Waals surface area contributed by atoms with Crippen molar-refractivity contribution >= 4 is 27.7 Å². The van der Waals surface area contributed by atoms with E-state index < -0.39 is 11.8 Å². The molecule has 0 aromatic heterocycles. The zero-order valence-corrected chi connectivity index (χ0v) is 12.8. The second-order valence-corrected chi connectivity index (χ2v) is 5.23. The first kappa shape index (κ1) is 15.4. The van der Waals surface area contributed by atoms with E-state index in [0.29, 0.717) is 16.5 Å². The maximum Gasteiger partial charge on any atom is 0.346 e. The van der Waals surface area contributed by atoms with E-state index in [9.17, 15) is 14.0 Å². The summed E-state index contributed by atoms with van der Waals surface area (Å²) in [7, 11) is 0. The van der Waals surface area contributed by atoms with E-state index in [0.717, 1.165) is 0 Å². The number of benzene rings is 2. The summed E-state index contributed by atoms with van der Waals surface area (Å²) in [5, 5.41) is 0. The molecule has 2 aromatic rings. The van der Waals surface area contributed by atoms with Crippen LogP contribution in [-0.2, 0) is 0 Å². The number of carbonyl (C=O) groups is 2. The third-order valence-electron chi connectivity index (χ3n) is 2.86. The first-order chi connectivity index (χ1) is 10.0. The molecule has 0 aliphatic carbocycles. The highest BCUT2D eigenvalue weighted by molar-refractivity contribution is 9.10. The topological polar surface area (TPSA) is 43.4 Å². The minimum absolute atomic E-state index is 0.00632. The molecule has 21 heavy (non-hydrogen) atoms. The largest absolute Gasteiger partial charge is 0.423 e. The minimum Gasteiger partial charge on any atom is -0.423 e. The van der Waals surface area contributed by atoms with Crippen LogP contribution < -0.4 is 4.74 Å². The predicted octanol–water partition coefficient (Wildman–Crippen LogP) is 4.40. The lowest BCUT2D eigenvalue weighted by Gasteiger charge is -2.06. The first-order valence-corrected chi connectivity index (χ1v) is 7.11. The average Bonchev–Trinajstić information content (AvgIpc) is 2.47. The van der Waals surface area contributed by atoms with Crippen LogP contribution in [0.1, 0.15) is 34.1 Å². The fraction of sp³-hybridized carbons (Fsp3) is 0.125. The van der Waals surface area contributed by atoms with Crippen molar-refractivity contribution in [2.24, 2.45) is 0 Å². The number of ketones is 1. The Morgan fingerprint density at radius 1 is 1.14 bits per heavy atom. The van der Waals surface area contributed by atoms with Crippen molar-refractivity contribution in [3.63, 3.8) is 0 Å². The second kappa shape index (κ2) is 6.63. The number of halogens is 2. The summed E-state index contributed by atoms with van der Waals surface area (Å²) in [5.74, 6) is -1.18. The molecular weight excluding hydrogens is 339 g/mol. The van der Waals surface area contributed by atoms with Gasteiger partial charge in [-0.3, -0.25) is 4.79 Å². The SMILES string of the molecule is CCC(=O)c1ccc(OC(=O)c2ccc(Br)cc2F)cc1. The molecule has 0 N–H and O–H groups in total. The van der Waals surface area contributed by atoms with Crippen LogP contribution in [0.3, 0.4) is 0 Å². The Morgan fingerprint density at radius 3 is 2.38 bits per heavy atom. The van der Waals surface area contributed by atoms with E-state index in [2.05, 4.69) is 15.9 Å². The van der Waals surface area contributed by atoms with Crippen LogP contribution in [0.4, 0.5) is 4.39 Å². The molecule has 0 radical (unpaired) electrons. The molecule has 0 amide bonds. The number of hydrogen-bond donors (Lipinski definition) is 0. The summed E-state index contributed by atoms with van der Waals surface area (Å²) in [5.41, 5.74) is 0.402. The highest BCUT2D eigenvalue weighted by Gasteiger charge is 2.14. The highest BCUT2D eigenvalue weighted by atomic mass is 79.9. The van der Waals surface area contributed by atoms with Gasteiger partial charge in [-0.2, -0.15) is 0 Å². The monoisotopic (exact) mass is 350 g/mol. The molecule has 0 saturated heterocycles. The first-order valence-electron chi connectivity index (χ1n) is 6.31. The van der Waals surface area contributed by atoms with Gasteiger partial charge in [0, 0.05) is 16.5 Å². The van der Waals surface area contributed by atoms with Crippen LogP contribution >= 0.6 is 15.9 Å². The fourth-order valence-electron chi connectivity index (χ4n) is 1.73. The molecular formula is C16H12BrFO3. The number of esters is 1. The van der Waals surface area contributed by atoms with Gasteiger partial charge in [0.1, 0.15) is 11.6 Å². The van der Waals surface area contributed by atoms with Crippen LogP contribution in [0.25, 0.3) is 0 Å². The van der Waals surface area contributed by atoms with Crippen LogP contribution in [0.2, 0.25) is 0 Å². The number of Topliss-reactive ketones (excluding diaryl/α,β-unsaturated/α-hetero) is 1. The quantitative estimate of drug-likeness (QED) is 0.466. The summed E-state index contributed by atoms with van der Waals surface area (Å²) < 4.78 is 19.3. The van der Waals surface area contributed by atoms with E-state index >= 15 is 0 Å². The summed E-state index contributed by atoms with van der Waals surface area (Å²) in [6.45, 7) is 1.77. The van der Waals surface area contributed by atoms with Gasteiger partial charge in [0.15, 0.2) is 5.78 Å². The predicted molar refractivity (Wildman–Crippen MR) is 80.1 cm³/mol. The fourth-order valence-corrected chi connectivity index (χ4v) is 2.06. The van der Waals surface area contributed by atoms with Crippen molar-refractivity contribution in [1.29, 1.82) is 0 Å². The van der Waals surface area contributed by atoms with E-state index in [4.69, 9.17) is 4.74 Å². The third-order valence-corrected chi connectivity index (χ3v) is 3.35. The molecule has 3 nitrogen and oxygen atoms in total. The summed E-state index contributed by atoms with van der Waals surface area (Å²) in [4.78, 5) is 23.4. The maximum absolute atomic E-state index is 13.6. The molecule has 2 aromatic carbocycles. The Bertz CT molecular complexity index is 680. The van der Waals surface area contributed by atoms with E-state index in [1.807, 2.05) is 0 Å². The normalized spacial score (nSPS) is 10.2. The van der Waals surface area contributed by atoms with Gasteiger partial charge in [-0.05, 0) is 42.5 Å². The Labute approximate surface area is 129 Å². The summed E-state index contributed by atoms with van der Waals surface area (Å²) in [6.07, 6.45) is 0.406. The van der Waals surface area contributed by atoms with E-state index in [1.165, 1.54) is 24.3 Å². The Morgan fingerprint density at radius 2 is 1.81 bits per heavy atom. The van der Waals surface area contributed by atoms with E-state index in [-0.39, 0.29) is 17.1 Å². The molecule has 0 atom stereocenters. The summed E-state index contributed by atoms with van der Waals surface area (Å²) >= 11 is 3.12. The number of ether oxygens (including phenoxy) is 1. The van der Waals surface area contributed by atoms with Crippen LogP contribution in [0.5, 0.6) is 5.75 Å². The van der Waals surface area contributed by atoms with Crippen molar-refractivity contribution in [2.75, 3.05) is 0 Å². The Hall–Kier alpha value is -2.01. The molecule has 0 heterocycles. The molecule has 0 aliphatic heterocycles. The maximum atomic E-state index is 13.6.